The number of primary amides is 1. The minimum absolute atomic E-state index is 0.243. The number of hydrogen-bond donors (Lipinski definition) is 4. The Balaban J connectivity index is 1.66. The van der Waals surface area contributed by atoms with Crippen LogP contribution < -0.4 is 31.6 Å². The highest BCUT2D eigenvalue weighted by Crippen LogP contribution is 2.38. The van der Waals surface area contributed by atoms with E-state index in [1.807, 2.05) is 50.4 Å². The van der Waals surface area contributed by atoms with Gasteiger partial charge in [-0.25, -0.2) is 4.98 Å². The summed E-state index contributed by atoms with van der Waals surface area (Å²) < 4.78 is 11.6. The third-order valence-corrected chi connectivity index (χ3v) is 7.02. The normalized spacial score (nSPS) is 11.7. The van der Waals surface area contributed by atoms with Gasteiger partial charge in [-0.1, -0.05) is 19.1 Å². The van der Waals surface area contributed by atoms with E-state index in [2.05, 4.69) is 20.6 Å². The molecular formula is C29H34N6O4S. The van der Waals surface area contributed by atoms with Crippen LogP contribution in [0.1, 0.15) is 48.0 Å². The fraction of sp³-hybridized carbons (Fsp3) is 0.310. The minimum atomic E-state index is -0.698. The van der Waals surface area contributed by atoms with Crippen molar-refractivity contribution in [2.45, 2.75) is 46.2 Å². The molecule has 0 unspecified atom stereocenters. The lowest BCUT2D eigenvalue weighted by Gasteiger charge is -2.20. The predicted molar refractivity (Wildman–Crippen MR) is 157 cm³/mol. The summed E-state index contributed by atoms with van der Waals surface area (Å²) in [6.45, 7) is 7.02. The number of amides is 2. The monoisotopic (exact) mass is 562 g/mol. The van der Waals surface area contributed by atoms with Crippen LogP contribution in [0.25, 0.3) is 10.9 Å². The van der Waals surface area contributed by atoms with Gasteiger partial charge >= 0.3 is 0 Å². The molecule has 0 aliphatic heterocycles. The van der Waals surface area contributed by atoms with Gasteiger partial charge in [0, 0.05) is 41.7 Å². The summed E-state index contributed by atoms with van der Waals surface area (Å²) in [6.07, 6.45) is 2.51. The van der Waals surface area contributed by atoms with Crippen LogP contribution in [0.15, 0.2) is 47.4 Å². The molecule has 0 spiro atoms. The van der Waals surface area contributed by atoms with Crippen molar-refractivity contribution in [1.29, 1.82) is 0 Å². The van der Waals surface area contributed by atoms with Crippen molar-refractivity contribution >= 4 is 45.4 Å². The quantitative estimate of drug-likeness (QED) is 0.190. The maximum Gasteiger partial charge on any atom is 0.252 e. The maximum absolute atomic E-state index is 12.7. The van der Waals surface area contributed by atoms with Gasteiger partial charge in [-0.2, -0.15) is 0 Å². The number of benzene rings is 2. The SMILES string of the molecule is CCOc1cc2ncc(C(N)=O)c(Nc3cccc(CNC(=O)[C@@H](N)Cc4cscn4)c3CC)c2cc1OCC. The molecule has 6 N–H and O–H groups in total. The summed E-state index contributed by atoms with van der Waals surface area (Å²) >= 11 is 1.47. The third-order valence-electron chi connectivity index (χ3n) is 6.39. The second-order valence-corrected chi connectivity index (χ2v) is 9.74. The number of carbonyl (C=O) groups excluding carboxylic acids is 2. The van der Waals surface area contributed by atoms with Crippen molar-refractivity contribution in [1.82, 2.24) is 15.3 Å². The summed E-state index contributed by atoms with van der Waals surface area (Å²) in [5.74, 6) is 0.254. The molecule has 10 nitrogen and oxygen atoms in total. The molecule has 0 radical (unpaired) electrons. The summed E-state index contributed by atoms with van der Waals surface area (Å²) in [6, 6.07) is 8.68. The van der Waals surface area contributed by atoms with E-state index in [-0.39, 0.29) is 11.5 Å². The molecule has 1 atom stereocenters. The number of anilines is 2. The molecule has 4 rings (SSSR count). The zero-order valence-corrected chi connectivity index (χ0v) is 23.6. The van der Waals surface area contributed by atoms with Crippen molar-refractivity contribution in [2.24, 2.45) is 11.5 Å². The third kappa shape index (κ3) is 6.49. The van der Waals surface area contributed by atoms with Crippen LogP contribution in [0, 0.1) is 0 Å². The summed E-state index contributed by atoms with van der Waals surface area (Å²) in [5, 5.41) is 8.93. The van der Waals surface area contributed by atoms with Crippen molar-refractivity contribution in [3.05, 3.63) is 69.8 Å². The molecule has 2 aromatic heterocycles. The van der Waals surface area contributed by atoms with Crippen LogP contribution in [-0.4, -0.2) is 41.0 Å². The second-order valence-electron chi connectivity index (χ2n) is 9.02. The fourth-order valence-electron chi connectivity index (χ4n) is 4.50. The molecule has 0 aliphatic rings. The van der Waals surface area contributed by atoms with Gasteiger partial charge < -0.3 is 31.6 Å². The first-order chi connectivity index (χ1) is 19.4. The maximum atomic E-state index is 12.7. The molecule has 0 saturated carbocycles. The van der Waals surface area contributed by atoms with Crippen molar-refractivity contribution in [2.75, 3.05) is 18.5 Å². The van der Waals surface area contributed by atoms with Crippen LogP contribution >= 0.6 is 11.3 Å². The van der Waals surface area contributed by atoms with E-state index >= 15 is 0 Å². The molecule has 2 amide bonds. The first-order valence-electron chi connectivity index (χ1n) is 13.2. The molecule has 0 aliphatic carbocycles. The Morgan fingerprint density at radius 2 is 1.82 bits per heavy atom. The van der Waals surface area contributed by atoms with E-state index < -0.39 is 11.9 Å². The number of pyridine rings is 1. The Hall–Kier alpha value is -4.22. The molecule has 4 aromatic rings. The molecule has 40 heavy (non-hydrogen) atoms. The van der Waals surface area contributed by atoms with Crippen LogP contribution in [0.3, 0.4) is 0 Å². The van der Waals surface area contributed by atoms with E-state index in [1.54, 1.807) is 11.6 Å². The van der Waals surface area contributed by atoms with Crippen molar-refractivity contribution < 1.29 is 19.1 Å². The Morgan fingerprint density at radius 3 is 2.48 bits per heavy atom. The van der Waals surface area contributed by atoms with Crippen LogP contribution in [-0.2, 0) is 24.2 Å². The highest BCUT2D eigenvalue weighted by Gasteiger charge is 2.20. The first kappa shape index (κ1) is 28.8. The number of nitrogens with one attached hydrogen (secondary N) is 2. The molecule has 0 bridgehead atoms. The smallest absolute Gasteiger partial charge is 0.252 e. The van der Waals surface area contributed by atoms with E-state index in [1.165, 1.54) is 17.5 Å². The Bertz CT molecular complexity index is 1490. The first-order valence-corrected chi connectivity index (χ1v) is 14.1. The summed E-state index contributed by atoms with van der Waals surface area (Å²) in [5.41, 5.74) is 18.4. The zero-order chi connectivity index (χ0) is 28.6. The van der Waals surface area contributed by atoms with Crippen molar-refractivity contribution in [3.8, 4) is 11.5 Å². The molecule has 2 aromatic carbocycles. The second kappa shape index (κ2) is 13.2. The van der Waals surface area contributed by atoms with Gasteiger partial charge in [0.25, 0.3) is 5.91 Å². The average Bonchev–Trinajstić information content (AvgIpc) is 3.45. The molecule has 210 valence electrons. The minimum Gasteiger partial charge on any atom is -0.490 e. The van der Waals surface area contributed by atoms with Gasteiger partial charge in [0.15, 0.2) is 11.5 Å². The summed E-state index contributed by atoms with van der Waals surface area (Å²) in [7, 11) is 0. The average molecular weight is 563 g/mol. The molecule has 0 fully saturated rings. The highest BCUT2D eigenvalue weighted by atomic mass is 32.1. The molecule has 11 heteroatoms. The van der Waals surface area contributed by atoms with E-state index in [4.69, 9.17) is 20.9 Å². The Labute approximate surface area is 237 Å². The van der Waals surface area contributed by atoms with Gasteiger partial charge in [0.05, 0.1) is 47.2 Å². The van der Waals surface area contributed by atoms with E-state index in [9.17, 15) is 9.59 Å². The van der Waals surface area contributed by atoms with Gasteiger partial charge in [-0.05, 0) is 43.5 Å². The number of nitrogens with zero attached hydrogens (tertiary/aromatic N) is 2. The number of fused-ring (bicyclic) bond motifs is 1. The van der Waals surface area contributed by atoms with Crippen LogP contribution in [0.2, 0.25) is 0 Å². The number of ether oxygens (including phenoxy) is 2. The molecular weight excluding hydrogens is 528 g/mol. The Morgan fingerprint density at radius 1 is 1.07 bits per heavy atom. The Kier molecular flexibility index (Phi) is 9.52. The highest BCUT2D eigenvalue weighted by molar-refractivity contribution is 7.07. The predicted octanol–water partition coefficient (Wildman–Crippen LogP) is 4.08. The van der Waals surface area contributed by atoms with E-state index in [0.717, 1.165) is 22.5 Å². The van der Waals surface area contributed by atoms with Gasteiger partial charge in [0.2, 0.25) is 5.91 Å². The molecule has 2 heterocycles. The number of thiazole rings is 1. The topological polar surface area (TPSA) is 154 Å². The van der Waals surface area contributed by atoms with Crippen LogP contribution in [0.5, 0.6) is 11.5 Å². The zero-order valence-electron chi connectivity index (χ0n) is 22.8. The number of rotatable bonds is 13. The number of aromatic nitrogens is 2. The summed E-state index contributed by atoms with van der Waals surface area (Å²) in [4.78, 5) is 33.8. The molecule has 0 saturated heterocycles. The fourth-order valence-corrected chi connectivity index (χ4v) is 5.07. The number of hydrogen-bond acceptors (Lipinski definition) is 9. The standard InChI is InChI=1S/C29H34N6O4S/c1-4-19-17(13-33-29(37)22(30)10-18-15-40-16-34-18)8-7-9-23(19)35-27-20-11-25(38-5-2)26(39-6-3)12-24(20)32-14-21(27)28(31)36/h7-9,11-12,14-16,22H,4-6,10,13,30H2,1-3H3,(H2,31,36)(H,32,35)(H,33,37)/t22-/m0/s1. The lowest BCUT2D eigenvalue weighted by atomic mass is 10.0. The van der Waals surface area contributed by atoms with Gasteiger partial charge in [-0.3, -0.25) is 14.6 Å². The number of nitrogens with two attached hydrogens (primary N) is 2. The van der Waals surface area contributed by atoms with E-state index in [0.29, 0.717) is 60.7 Å². The lowest BCUT2D eigenvalue weighted by molar-refractivity contribution is -0.122. The van der Waals surface area contributed by atoms with Gasteiger partial charge in [-0.15, -0.1) is 11.3 Å². The van der Waals surface area contributed by atoms with Gasteiger partial charge in [0.1, 0.15) is 0 Å². The largest absolute Gasteiger partial charge is 0.490 e. The lowest BCUT2D eigenvalue weighted by Crippen LogP contribution is -2.41. The number of carbonyl (C=O) groups is 2. The van der Waals surface area contributed by atoms with Crippen LogP contribution in [0.4, 0.5) is 11.4 Å². The van der Waals surface area contributed by atoms with Crippen molar-refractivity contribution in [3.63, 3.8) is 0 Å².